The third-order valence-electron chi connectivity index (χ3n) is 3.44. The molecule has 2 aromatic carbocycles. The van der Waals surface area contributed by atoms with E-state index in [1.54, 1.807) is 19.2 Å². The molecule has 0 aliphatic carbocycles. The molecule has 1 aromatic heterocycles. The molecule has 3 aromatic rings. The van der Waals surface area contributed by atoms with Gasteiger partial charge in [0.05, 0.1) is 18.1 Å². The average molecular weight is 360 g/mol. The van der Waals surface area contributed by atoms with Crippen LogP contribution in [-0.4, -0.2) is 15.9 Å². The summed E-state index contributed by atoms with van der Waals surface area (Å²) in [6, 6.07) is 7.24. The zero-order valence-electron chi connectivity index (χ0n) is 13.8. The number of aryl methyl sites for hydroxylation is 1. The van der Waals surface area contributed by atoms with Gasteiger partial charge in [-0.2, -0.15) is 5.10 Å². The zero-order valence-corrected chi connectivity index (χ0v) is 13.8. The van der Waals surface area contributed by atoms with Gasteiger partial charge in [0.2, 0.25) is 5.95 Å². The second kappa shape index (κ2) is 7.30. The highest BCUT2D eigenvalue weighted by Gasteiger charge is 2.07. The van der Waals surface area contributed by atoms with Crippen molar-refractivity contribution in [2.45, 2.75) is 13.5 Å². The number of nitrogens with two attached hydrogens (primary N) is 1. The fourth-order valence-electron chi connectivity index (χ4n) is 2.30. The molecular formula is C18H15F3N4O. The Morgan fingerprint density at radius 2 is 1.88 bits per heavy atom. The van der Waals surface area contributed by atoms with Gasteiger partial charge in [-0.1, -0.05) is 0 Å². The SMILES string of the molecule is Cc1cn(N=Cc2ccc(OCc3cc(F)cc(F)c3)c(F)c2)c(N)n1. The first kappa shape index (κ1) is 17.5. The summed E-state index contributed by atoms with van der Waals surface area (Å²) in [4.78, 5) is 4.00. The van der Waals surface area contributed by atoms with Gasteiger partial charge < -0.3 is 10.5 Å². The van der Waals surface area contributed by atoms with Gasteiger partial charge in [0, 0.05) is 6.07 Å². The highest BCUT2D eigenvalue weighted by atomic mass is 19.1. The summed E-state index contributed by atoms with van der Waals surface area (Å²) in [5.41, 5.74) is 7.12. The van der Waals surface area contributed by atoms with Crippen LogP contribution in [0.2, 0.25) is 0 Å². The number of hydrogen-bond donors (Lipinski definition) is 1. The first-order valence-electron chi connectivity index (χ1n) is 7.64. The van der Waals surface area contributed by atoms with Crippen molar-refractivity contribution >= 4 is 12.2 Å². The predicted octanol–water partition coefficient (Wildman–Crippen LogP) is 3.65. The van der Waals surface area contributed by atoms with Crippen molar-refractivity contribution in [2.75, 3.05) is 5.73 Å². The van der Waals surface area contributed by atoms with Gasteiger partial charge >= 0.3 is 0 Å². The molecule has 8 heteroatoms. The van der Waals surface area contributed by atoms with Crippen LogP contribution in [0, 0.1) is 24.4 Å². The van der Waals surface area contributed by atoms with E-state index < -0.39 is 17.5 Å². The molecule has 134 valence electrons. The first-order valence-corrected chi connectivity index (χ1v) is 7.64. The number of ether oxygens (including phenoxy) is 1. The summed E-state index contributed by atoms with van der Waals surface area (Å²) >= 11 is 0. The molecule has 0 spiro atoms. The lowest BCUT2D eigenvalue weighted by Gasteiger charge is -2.08. The summed E-state index contributed by atoms with van der Waals surface area (Å²) in [6.07, 6.45) is 3.06. The van der Waals surface area contributed by atoms with Crippen LogP contribution < -0.4 is 10.5 Å². The maximum Gasteiger partial charge on any atom is 0.221 e. The lowest BCUT2D eigenvalue weighted by Crippen LogP contribution is -2.00. The summed E-state index contributed by atoms with van der Waals surface area (Å²) < 4.78 is 47.1. The van der Waals surface area contributed by atoms with Crippen molar-refractivity contribution in [2.24, 2.45) is 5.10 Å². The maximum absolute atomic E-state index is 14.1. The molecule has 0 unspecified atom stereocenters. The molecule has 26 heavy (non-hydrogen) atoms. The minimum absolute atomic E-state index is 0.0372. The van der Waals surface area contributed by atoms with Crippen LogP contribution in [0.15, 0.2) is 47.7 Å². The van der Waals surface area contributed by atoms with E-state index in [9.17, 15) is 13.2 Å². The van der Waals surface area contributed by atoms with Gasteiger partial charge in [0.1, 0.15) is 18.2 Å². The van der Waals surface area contributed by atoms with Gasteiger partial charge in [-0.05, 0) is 48.4 Å². The summed E-state index contributed by atoms with van der Waals surface area (Å²) in [5.74, 6) is -1.87. The van der Waals surface area contributed by atoms with E-state index in [0.29, 0.717) is 11.3 Å². The van der Waals surface area contributed by atoms with Gasteiger partial charge in [0.25, 0.3) is 0 Å². The van der Waals surface area contributed by atoms with Crippen LogP contribution in [0.3, 0.4) is 0 Å². The number of anilines is 1. The minimum atomic E-state index is -0.718. The first-order chi connectivity index (χ1) is 12.4. The monoisotopic (exact) mass is 360 g/mol. The molecule has 0 fully saturated rings. The number of hydrogen-bond acceptors (Lipinski definition) is 4. The van der Waals surface area contributed by atoms with Crippen LogP contribution in [0.25, 0.3) is 0 Å². The van der Waals surface area contributed by atoms with E-state index in [1.807, 2.05) is 0 Å². The van der Waals surface area contributed by atoms with Crippen LogP contribution in [0.4, 0.5) is 19.1 Å². The Hall–Kier alpha value is -3.29. The summed E-state index contributed by atoms with van der Waals surface area (Å²) in [5, 5.41) is 4.09. The normalized spacial score (nSPS) is 11.2. The topological polar surface area (TPSA) is 65.4 Å². The molecule has 1 heterocycles. The number of aromatic nitrogens is 2. The Morgan fingerprint density at radius 1 is 1.15 bits per heavy atom. The predicted molar refractivity (Wildman–Crippen MR) is 91.5 cm³/mol. The molecule has 0 bridgehead atoms. The van der Waals surface area contributed by atoms with Crippen LogP contribution >= 0.6 is 0 Å². The molecule has 0 saturated heterocycles. The standard InChI is InChI=1S/C18H15F3N4O/c1-11-9-25(18(22)24-11)23-8-12-2-3-17(16(21)6-12)26-10-13-4-14(19)7-15(20)5-13/h2-9H,10H2,1H3,(H2,22,24). The van der Waals surface area contributed by atoms with Crippen LogP contribution in [0.5, 0.6) is 5.75 Å². The number of halogens is 3. The van der Waals surface area contributed by atoms with Crippen molar-refractivity contribution in [1.82, 2.24) is 9.66 Å². The third kappa shape index (κ3) is 4.21. The van der Waals surface area contributed by atoms with Crippen molar-refractivity contribution in [3.05, 3.63) is 76.9 Å². The number of nitrogens with zero attached hydrogens (tertiary/aromatic N) is 3. The molecule has 0 saturated carbocycles. The molecule has 2 N–H and O–H groups in total. The van der Waals surface area contributed by atoms with Gasteiger partial charge in [0.15, 0.2) is 11.6 Å². The van der Waals surface area contributed by atoms with Crippen molar-refractivity contribution in [1.29, 1.82) is 0 Å². The number of nitrogen functional groups attached to an aromatic ring is 1. The Kier molecular flexibility index (Phi) is 4.92. The molecule has 0 aliphatic heterocycles. The molecule has 3 rings (SSSR count). The average Bonchev–Trinajstić information content (AvgIpc) is 2.88. The quantitative estimate of drug-likeness (QED) is 0.707. The number of benzene rings is 2. The molecule has 0 aliphatic rings. The van der Waals surface area contributed by atoms with Crippen LogP contribution in [-0.2, 0) is 6.61 Å². The smallest absolute Gasteiger partial charge is 0.221 e. The van der Waals surface area contributed by atoms with Crippen molar-refractivity contribution in [3.63, 3.8) is 0 Å². The highest BCUT2D eigenvalue weighted by molar-refractivity contribution is 5.79. The van der Waals surface area contributed by atoms with Gasteiger partial charge in [-0.25, -0.2) is 22.8 Å². The number of rotatable bonds is 5. The number of imidazole rings is 1. The van der Waals surface area contributed by atoms with E-state index in [1.165, 1.54) is 23.0 Å². The molecular weight excluding hydrogens is 345 g/mol. The molecule has 0 amide bonds. The van der Waals surface area contributed by atoms with E-state index in [2.05, 4.69) is 10.1 Å². The lowest BCUT2D eigenvalue weighted by molar-refractivity contribution is 0.289. The maximum atomic E-state index is 14.1. The highest BCUT2D eigenvalue weighted by Crippen LogP contribution is 2.20. The Balaban J connectivity index is 1.70. The summed E-state index contributed by atoms with van der Waals surface area (Å²) in [6.45, 7) is 1.61. The molecule has 0 radical (unpaired) electrons. The second-order valence-corrected chi connectivity index (χ2v) is 5.59. The van der Waals surface area contributed by atoms with Gasteiger partial charge in [-0.3, -0.25) is 0 Å². The Labute approximate surface area is 147 Å². The molecule has 0 atom stereocenters. The van der Waals surface area contributed by atoms with Gasteiger partial charge in [-0.15, -0.1) is 0 Å². The van der Waals surface area contributed by atoms with Crippen LogP contribution in [0.1, 0.15) is 16.8 Å². The van der Waals surface area contributed by atoms with E-state index in [-0.39, 0.29) is 23.9 Å². The van der Waals surface area contributed by atoms with Crippen molar-refractivity contribution in [3.8, 4) is 5.75 Å². The van der Waals surface area contributed by atoms with E-state index in [4.69, 9.17) is 10.5 Å². The van der Waals surface area contributed by atoms with E-state index in [0.717, 1.165) is 18.2 Å². The Bertz CT molecular complexity index is 949. The fourth-order valence-corrected chi connectivity index (χ4v) is 2.30. The fraction of sp³-hybridized carbons (Fsp3) is 0.111. The third-order valence-corrected chi connectivity index (χ3v) is 3.44. The Morgan fingerprint density at radius 3 is 2.50 bits per heavy atom. The largest absolute Gasteiger partial charge is 0.486 e. The lowest BCUT2D eigenvalue weighted by atomic mass is 10.2. The minimum Gasteiger partial charge on any atom is -0.486 e. The van der Waals surface area contributed by atoms with E-state index >= 15 is 0 Å². The zero-order chi connectivity index (χ0) is 18.7. The molecule has 5 nitrogen and oxygen atoms in total. The summed E-state index contributed by atoms with van der Waals surface area (Å²) in [7, 11) is 0. The second-order valence-electron chi connectivity index (χ2n) is 5.59. The van der Waals surface area contributed by atoms with Crippen molar-refractivity contribution < 1.29 is 17.9 Å².